The van der Waals surface area contributed by atoms with Gasteiger partial charge in [0.2, 0.25) is 6.41 Å². The highest BCUT2D eigenvalue weighted by molar-refractivity contribution is 6.35. The van der Waals surface area contributed by atoms with Crippen LogP contribution in [0.5, 0.6) is 11.5 Å². The van der Waals surface area contributed by atoms with Crippen molar-refractivity contribution in [2.45, 2.75) is 38.3 Å². The van der Waals surface area contributed by atoms with Gasteiger partial charge in [0.1, 0.15) is 11.5 Å². The largest absolute Gasteiger partial charge is 0.496 e. The zero-order valence-corrected chi connectivity index (χ0v) is 31.9. The van der Waals surface area contributed by atoms with Crippen molar-refractivity contribution in [2.75, 3.05) is 51.1 Å². The maximum absolute atomic E-state index is 13.2. The van der Waals surface area contributed by atoms with Crippen molar-refractivity contribution in [1.82, 2.24) is 9.80 Å². The monoisotopic (exact) mass is 840 g/mol. The van der Waals surface area contributed by atoms with E-state index in [2.05, 4.69) is 10.6 Å². The number of rotatable bonds is 9. The Balaban J connectivity index is 0.000000218. The van der Waals surface area contributed by atoms with E-state index >= 15 is 0 Å². The van der Waals surface area contributed by atoms with Crippen LogP contribution in [0.25, 0.3) is 0 Å². The first-order valence-electron chi connectivity index (χ1n) is 17.2. The molecule has 0 atom stereocenters. The molecule has 2 aliphatic rings. The lowest BCUT2D eigenvalue weighted by Gasteiger charge is -2.29. The highest BCUT2D eigenvalue weighted by Gasteiger charge is 2.36. The maximum atomic E-state index is 13.2. The Morgan fingerprint density at radius 2 is 1.19 bits per heavy atom. The van der Waals surface area contributed by atoms with Crippen LogP contribution < -0.4 is 20.1 Å². The van der Waals surface area contributed by atoms with Crippen molar-refractivity contribution >= 4 is 52.8 Å². The number of aliphatic hydroxyl groups is 1. The Kier molecular flexibility index (Phi) is 13.6. The molecule has 0 aliphatic carbocycles. The summed E-state index contributed by atoms with van der Waals surface area (Å²) in [5.74, 6) is -2.17. The van der Waals surface area contributed by atoms with Crippen molar-refractivity contribution in [2.24, 2.45) is 0 Å². The average Bonchev–Trinajstić information content (AvgIpc) is 3.19. The van der Waals surface area contributed by atoms with E-state index in [4.69, 9.17) is 37.8 Å². The van der Waals surface area contributed by atoms with Crippen molar-refractivity contribution < 1.29 is 55.3 Å². The van der Waals surface area contributed by atoms with Crippen molar-refractivity contribution in [1.29, 1.82) is 0 Å². The maximum Gasteiger partial charge on any atom is 0.419 e. The van der Waals surface area contributed by atoms with E-state index in [1.165, 1.54) is 12.1 Å². The molecule has 6 rings (SSSR count). The average molecular weight is 842 g/mol. The molecule has 0 unspecified atom stereocenters. The minimum absolute atomic E-state index is 0.0301. The van der Waals surface area contributed by atoms with Gasteiger partial charge in [0.15, 0.2) is 0 Å². The number of fused-ring (bicyclic) bond motifs is 2. The molecule has 2 heterocycles. The van der Waals surface area contributed by atoms with E-state index in [0.29, 0.717) is 48.9 Å². The number of aliphatic hydroxyl groups excluding tert-OH is 1. The zero-order valence-electron chi connectivity index (χ0n) is 30.4. The van der Waals surface area contributed by atoms with Crippen LogP contribution in [-0.2, 0) is 43.1 Å². The Hall–Kier alpha value is -5.03. The smallest absolute Gasteiger partial charge is 0.419 e. The second-order valence-electron chi connectivity index (χ2n) is 12.9. The zero-order chi connectivity index (χ0) is 41.7. The van der Waals surface area contributed by atoms with Crippen LogP contribution >= 0.6 is 23.2 Å². The number of benzene rings is 4. The van der Waals surface area contributed by atoms with Gasteiger partial charge in [-0.25, -0.2) is 0 Å². The van der Waals surface area contributed by atoms with Gasteiger partial charge in [-0.05, 0) is 83.6 Å². The molecule has 18 heteroatoms. The van der Waals surface area contributed by atoms with E-state index in [9.17, 15) is 40.7 Å². The number of β-amino-alcohol motifs (C(OH)–C–C–N with tert-alkyl or cyclic N) is 1. The molecule has 4 aromatic carbocycles. The van der Waals surface area contributed by atoms with Crippen LogP contribution in [0.3, 0.4) is 0 Å². The summed E-state index contributed by atoms with van der Waals surface area (Å²) in [6, 6.07) is 13.1. The quantitative estimate of drug-likeness (QED) is 0.115. The molecule has 0 saturated carbocycles. The third-order valence-corrected chi connectivity index (χ3v) is 10.2. The van der Waals surface area contributed by atoms with Gasteiger partial charge >= 0.3 is 12.4 Å². The summed E-state index contributed by atoms with van der Waals surface area (Å²) in [5, 5.41) is 14.9. The summed E-state index contributed by atoms with van der Waals surface area (Å²) in [4.78, 5) is 39.6. The minimum Gasteiger partial charge on any atom is -0.496 e. The van der Waals surface area contributed by atoms with Gasteiger partial charge in [0.25, 0.3) is 11.8 Å². The molecule has 10 nitrogen and oxygen atoms in total. The molecule has 304 valence electrons. The van der Waals surface area contributed by atoms with Crippen LogP contribution in [0, 0.1) is 0 Å². The number of anilines is 2. The molecular weight excluding hydrogens is 805 g/mol. The van der Waals surface area contributed by atoms with E-state index in [1.807, 2.05) is 11.0 Å². The third kappa shape index (κ3) is 10.1. The molecule has 0 aromatic heterocycles. The summed E-state index contributed by atoms with van der Waals surface area (Å²) in [6.45, 7) is 2.74. The number of carbonyl (C=O) groups excluding carboxylic acids is 3. The molecule has 0 saturated heterocycles. The summed E-state index contributed by atoms with van der Waals surface area (Å²) < 4.78 is 88.6. The number of nitrogens with zero attached hydrogens (tertiary/aromatic N) is 2. The number of hydrogen-bond donors (Lipinski definition) is 3. The summed E-state index contributed by atoms with van der Waals surface area (Å²) in [6.07, 6.45) is -7.20. The van der Waals surface area contributed by atoms with Gasteiger partial charge in [0, 0.05) is 43.9 Å². The molecule has 0 spiro atoms. The second-order valence-corrected chi connectivity index (χ2v) is 13.7. The van der Waals surface area contributed by atoms with Crippen molar-refractivity contribution in [3.05, 3.63) is 115 Å². The predicted molar refractivity (Wildman–Crippen MR) is 201 cm³/mol. The highest BCUT2D eigenvalue weighted by atomic mass is 35.5. The van der Waals surface area contributed by atoms with Crippen LogP contribution in [0.1, 0.15) is 54.1 Å². The molecule has 57 heavy (non-hydrogen) atoms. The fraction of sp³-hybridized carbons (Fsp3) is 0.308. The number of halogens is 8. The van der Waals surface area contributed by atoms with Gasteiger partial charge in [-0.15, -0.1) is 0 Å². The number of carbonyl (C=O) groups is 3. The molecule has 3 N–H and O–H groups in total. The number of nitrogens with one attached hydrogen (secondary N) is 2. The Morgan fingerprint density at radius 1 is 0.737 bits per heavy atom. The molecule has 0 bridgehead atoms. The second kappa shape index (κ2) is 18.1. The SMILES string of the molecule is COc1ccc(C(=O)Nc2ccc3c(c2Cl)CN(C=O)CC3)cc1C(F)(F)F.COc1ccc(C(=O)Nc2ccc3c(c2Cl)CN(CCO)CC3)cc1C(F)(F)F. The van der Waals surface area contributed by atoms with Crippen LogP contribution in [0.15, 0.2) is 60.7 Å². The Morgan fingerprint density at radius 3 is 1.61 bits per heavy atom. The summed E-state index contributed by atoms with van der Waals surface area (Å²) in [7, 11) is 2.26. The predicted octanol–water partition coefficient (Wildman–Crippen LogP) is 8.10. The minimum atomic E-state index is -4.66. The highest BCUT2D eigenvalue weighted by Crippen LogP contribution is 2.39. The van der Waals surface area contributed by atoms with Gasteiger partial charge in [0.05, 0.1) is 53.4 Å². The summed E-state index contributed by atoms with van der Waals surface area (Å²) in [5.41, 5.74) is 1.75. The lowest BCUT2D eigenvalue weighted by Crippen LogP contribution is -2.33. The number of ether oxygens (including phenoxy) is 2. The van der Waals surface area contributed by atoms with Crippen molar-refractivity contribution in [3.63, 3.8) is 0 Å². The number of methoxy groups -OCH3 is 2. The Bertz CT molecular complexity index is 2150. The van der Waals surface area contributed by atoms with E-state index in [1.54, 1.807) is 23.1 Å². The number of hydrogen-bond acceptors (Lipinski definition) is 7. The fourth-order valence-corrected chi connectivity index (χ4v) is 6.99. The van der Waals surface area contributed by atoms with E-state index in [0.717, 1.165) is 74.6 Å². The first-order chi connectivity index (χ1) is 27.0. The van der Waals surface area contributed by atoms with Gasteiger partial charge in [-0.2, -0.15) is 26.3 Å². The lowest BCUT2D eigenvalue weighted by atomic mass is 9.98. The van der Waals surface area contributed by atoms with E-state index < -0.39 is 35.3 Å². The molecule has 0 fully saturated rings. The van der Waals surface area contributed by atoms with Crippen LogP contribution in [-0.4, -0.2) is 73.6 Å². The third-order valence-electron chi connectivity index (χ3n) is 9.38. The van der Waals surface area contributed by atoms with Gasteiger partial charge in [-0.3, -0.25) is 19.3 Å². The van der Waals surface area contributed by atoms with Crippen molar-refractivity contribution in [3.8, 4) is 11.5 Å². The normalized spacial score (nSPS) is 14.1. The molecule has 0 radical (unpaired) electrons. The first-order valence-corrected chi connectivity index (χ1v) is 18.0. The van der Waals surface area contributed by atoms with Crippen LogP contribution in [0.2, 0.25) is 10.0 Å². The molecular formula is C39H36Cl2F6N4O6. The van der Waals surface area contributed by atoms with E-state index in [-0.39, 0.29) is 39.9 Å². The lowest BCUT2D eigenvalue weighted by molar-refractivity contribution is -0.139. The van der Waals surface area contributed by atoms with Gasteiger partial charge in [-0.1, -0.05) is 35.3 Å². The molecule has 2 aliphatic heterocycles. The van der Waals surface area contributed by atoms with Gasteiger partial charge < -0.3 is 30.1 Å². The number of alkyl halides is 6. The fourth-order valence-electron chi connectivity index (χ4n) is 6.41. The Labute approximate surface area is 333 Å². The number of amides is 3. The standard InChI is InChI=1S/C20H20ClF3N2O3.C19H16ClF3N2O3/c1-29-17-5-3-13(10-15(17)20(22,23)24)19(28)25-16-4-2-12-6-7-26(8-9-27)11-14(12)18(16)21;1-28-16-5-3-12(8-14(16)19(21,22)23)18(27)24-15-4-2-11-6-7-25(10-26)9-13(11)17(15)20/h2-5,10,27H,6-9,11H2,1H3,(H,25,28);2-5,8,10H,6-7,9H2,1H3,(H,24,27). The molecule has 3 amide bonds. The first kappa shape index (κ1) is 43.1. The topological polar surface area (TPSA) is 120 Å². The molecule has 4 aromatic rings. The summed E-state index contributed by atoms with van der Waals surface area (Å²) >= 11 is 12.8. The van der Waals surface area contributed by atoms with Crippen LogP contribution in [0.4, 0.5) is 37.7 Å².